The maximum Gasteiger partial charge on any atom is 0.143 e. The predicted molar refractivity (Wildman–Crippen MR) is 81.4 cm³/mol. The van der Waals surface area contributed by atoms with Crippen molar-refractivity contribution in [1.82, 2.24) is 15.3 Å². The molecule has 1 aromatic carbocycles. The molecule has 5 heteroatoms. The summed E-state index contributed by atoms with van der Waals surface area (Å²) in [5.74, 6) is 0. The first-order valence-electron chi connectivity index (χ1n) is 5.97. The van der Waals surface area contributed by atoms with Crippen LogP contribution >= 0.6 is 22.7 Å². The van der Waals surface area contributed by atoms with Crippen LogP contribution in [0.5, 0.6) is 0 Å². The fourth-order valence-corrected chi connectivity index (χ4v) is 3.55. The molecule has 0 fully saturated rings. The van der Waals surface area contributed by atoms with Gasteiger partial charge in [0.25, 0.3) is 0 Å². The quantitative estimate of drug-likeness (QED) is 0.796. The Hall–Kier alpha value is -1.56. The molecule has 0 aliphatic heterocycles. The molecule has 3 nitrogen and oxygen atoms in total. The monoisotopic (exact) mass is 287 g/mol. The lowest BCUT2D eigenvalue weighted by atomic mass is 10.1. The molecule has 0 amide bonds. The van der Waals surface area contributed by atoms with Crippen LogP contribution in [0.2, 0.25) is 0 Å². The molecule has 3 aromatic rings. The van der Waals surface area contributed by atoms with E-state index in [1.165, 1.54) is 10.4 Å². The predicted octanol–water partition coefficient (Wildman–Crippen LogP) is 3.65. The molecule has 0 bridgehead atoms. The topological polar surface area (TPSA) is 37.8 Å². The minimum Gasteiger partial charge on any atom is -0.314 e. The molecule has 0 radical (unpaired) electrons. The fourth-order valence-electron chi connectivity index (χ4n) is 1.88. The van der Waals surface area contributed by atoms with E-state index in [0.717, 1.165) is 22.9 Å². The summed E-state index contributed by atoms with van der Waals surface area (Å²) < 4.78 is 0. The second kappa shape index (κ2) is 5.61. The normalized spacial score (nSPS) is 10.8. The third-order valence-electron chi connectivity index (χ3n) is 2.73. The SMILES string of the molecule is CNCc1nc(-c2cscn2)sc1-c1ccccc1. The maximum atomic E-state index is 4.72. The van der Waals surface area contributed by atoms with Gasteiger partial charge in [0.15, 0.2) is 0 Å². The standard InChI is InChI=1S/C14H13N3S2/c1-15-7-11-13(10-5-3-2-4-6-10)19-14(17-11)12-8-18-9-16-12/h2-6,8-9,15H,7H2,1H3. The lowest BCUT2D eigenvalue weighted by Gasteiger charge is -2.00. The number of nitrogens with one attached hydrogen (secondary N) is 1. The molecular formula is C14H13N3S2. The Balaban J connectivity index is 2.08. The van der Waals surface area contributed by atoms with E-state index >= 15 is 0 Å². The fraction of sp³-hybridized carbons (Fsp3) is 0.143. The average Bonchev–Trinajstić information content (AvgIpc) is 3.08. The summed E-state index contributed by atoms with van der Waals surface area (Å²) in [5.41, 5.74) is 5.11. The minimum absolute atomic E-state index is 0.769. The number of rotatable bonds is 4. The molecule has 2 heterocycles. The molecule has 0 unspecified atom stereocenters. The van der Waals surface area contributed by atoms with Crippen LogP contribution in [0.15, 0.2) is 41.2 Å². The third kappa shape index (κ3) is 2.58. The first-order chi connectivity index (χ1) is 9.38. The lowest BCUT2D eigenvalue weighted by molar-refractivity contribution is 0.799. The van der Waals surface area contributed by atoms with Gasteiger partial charge in [0.1, 0.15) is 10.7 Å². The van der Waals surface area contributed by atoms with Gasteiger partial charge in [0.2, 0.25) is 0 Å². The molecule has 0 spiro atoms. The highest BCUT2D eigenvalue weighted by atomic mass is 32.1. The van der Waals surface area contributed by atoms with Crippen molar-refractivity contribution in [2.75, 3.05) is 7.05 Å². The van der Waals surface area contributed by atoms with Crippen molar-refractivity contribution in [2.24, 2.45) is 0 Å². The van der Waals surface area contributed by atoms with Crippen molar-refractivity contribution < 1.29 is 0 Å². The zero-order valence-electron chi connectivity index (χ0n) is 10.5. The Bertz CT molecular complexity index is 645. The summed E-state index contributed by atoms with van der Waals surface area (Å²) >= 11 is 3.30. The summed E-state index contributed by atoms with van der Waals surface area (Å²) in [6.45, 7) is 0.769. The Kier molecular flexibility index (Phi) is 3.68. The first-order valence-corrected chi connectivity index (χ1v) is 7.72. The molecule has 96 valence electrons. The zero-order chi connectivity index (χ0) is 13.1. The molecule has 0 atom stereocenters. The van der Waals surface area contributed by atoms with Crippen molar-refractivity contribution in [3.8, 4) is 21.1 Å². The highest BCUT2D eigenvalue weighted by Crippen LogP contribution is 2.35. The smallest absolute Gasteiger partial charge is 0.143 e. The van der Waals surface area contributed by atoms with Crippen LogP contribution in [0.25, 0.3) is 21.1 Å². The Labute approximate surface area is 120 Å². The molecule has 3 rings (SSSR count). The first kappa shape index (κ1) is 12.5. The molecule has 0 saturated carbocycles. The van der Waals surface area contributed by atoms with Gasteiger partial charge in [-0.25, -0.2) is 9.97 Å². The number of aromatic nitrogens is 2. The molecular weight excluding hydrogens is 274 g/mol. The van der Waals surface area contributed by atoms with Gasteiger partial charge in [0, 0.05) is 11.9 Å². The van der Waals surface area contributed by atoms with Crippen molar-refractivity contribution in [3.05, 3.63) is 46.9 Å². The number of thiazole rings is 2. The van der Waals surface area contributed by atoms with Crippen molar-refractivity contribution in [1.29, 1.82) is 0 Å². The Morgan fingerprint density at radius 1 is 1.21 bits per heavy atom. The van der Waals surface area contributed by atoms with E-state index in [1.54, 1.807) is 22.7 Å². The summed E-state index contributed by atoms with van der Waals surface area (Å²) in [6.07, 6.45) is 0. The number of hydrogen-bond acceptors (Lipinski definition) is 5. The third-order valence-corrected chi connectivity index (χ3v) is 4.48. The van der Waals surface area contributed by atoms with Crippen LogP contribution in [-0.4, -0.2) is 17.0 Å². The molecule has 0 saturated heterocycles. The Morgan fingerprint density at radius 3 is 2.74 bits per heavy atom. The van der Waals surface area contributed by atoms with E-state index < -0.39 is 0 Å². The van der Waals surface area contributed by atoms with E-state index in [-0.39, 0.29) is 0 Å². The molecule has 2 aromatic heterocycles. The number of benzene rings is 1. The maximum absolute atomic E-state index is 4.72. The minimum atomic E-state index is 0.769. The molecule has 19 heavy (non-hydrogen) atoms. The van der Waals surface area contributed by atoms with E-state index in [1.807, 2.05) is 24.0 Å². The van der Waals surface area contributed by atoms with Crippen LogP contribution in [-0.2, 0) is 6.54 Å². The molecule has 0 aliphatic carbocycles. The summed E-state index contributed by atoms with van der Waals surface area (Å²) in [7, 11) is 1.94. The zero-order valence-corrected chi connectivity index (χ0v) is 12.1. The van der Waals surface area contributed by atoms with Gasteiger partial charge < -0.3 is 5.32 Å². The summed E-state index contributed by atoms with van der Waals surface area (Å²) in [5, 5.41) is 6.21. The van der Waals surface area contributed by atoms with Gasteiger partial charge in [-0.2, -0.15) is 0 Å². The second-order valence-electron chi connectivity index (χ2n) is 4.06. The van der Waals surface area contributed by atoms with Gasteiger partial charge in [-0.3, -0.25) is 0 Å². The van der Waals surface area contributed by atoms with Gasteiger partial charge in [-0.15, -0.1) is 22.7 Å². The highest BCUT2D eigenvalue weighted by molar-refractivity contribution is 7.18. The van der Waals surface area contributed by atoms with Gasteiger partial charge in [0.05, 0.1) is 16.1 Å². The molecule has 1 N–H and O–H groups in total. The van der Waals surface area contributed by atoms with Crippen LogP contribution in [0.1, 0.15) is 5.69 Å². The van der Waals surface area contributed by atoms with E-state index in [0.29, 0.717) is 0 Å². The Morgan fingerprint density at radius 2 is 2.05 bits per heavy atom. The molecule has 0 aliphatic rings. The number of hydrogen-bond donors (Lipinski definition) is 1. The number of nitrogens with zero attached hydrogens (tertiary/aromatic N) is 2. The van der Waals surface area contributed by atoms with Crippen molar-refractivity contribution in [2.45, 2.75) is 6.54 Å². The van der Waals surface area contributed by atoms with Crippen LogP contribution in [0.3, 0.4) is 0 Å². The van der Waals surface area contributed by atoms with E-state index in [9.17, 15) is 0 Å². The van der Waals surface area contributed by atoms with Gasteiger partial charge >= 0.3 is 0 Å². The van der Waals surface area contributed by atoms with Crippen LogP contribution in [0.4, 0.5) is 0 Å². The van der Waals surface area contributed by atoms with E-state index in [2.05, 4.69) is 34.6 Å². The van der Waals surface area contributed by atoms with Gasteiger partial charge in [-0.05, 0) is 12.6 Å². The van der Waals surface area contributed by atoms with Crippen LogP contribution < -0.4 is 5.32 Å². The largest absolute Gasteiger partial charge is 0.314 e. The van der Waals surface area contributed by atoms with Crippen molar-refractivity contribution in [3.63, 3.8) is 0 Å². The van der Waals surface area contributed by atoms with Gasteiger partial charge in [-0.1, -0.05) is 30.3 Å². The second-order valence-corrected chi connectivity index (χ2v) is 5.78. The summed E-state index contributed by atoms with van der Waals surface area (Å²) in [4.78, 5) is 10.3. The lowest BCUT2D eigenvalue weighted by Crippen LogP contribution is -2.06. The van der Waals surface area contributed by atoms with Crippen molar-refractivity contribution >= 4 is 22.7 Å². The highest BCUT2D eigenvalue weighted by Gasteiger charge is 2.14. The van der Waals surface area contributed by atoms with Crippen LogP contribution in [0, 0.1) is 0 Å². The summed E-state index contributed by atoms with van der Waals surface area (Å²) in [6, 6.07) is 10.4. The average molecular weight is 287 g/mol. The van der Waals surface area contributed by atoms with E-state index in [4.69, 9.17) is 4.98 Å².